The average Bonchev–Trinajstić information content (AvgIpc) is 2.88. The predicted octanol–water partition coefficient (Wildman–Crippen LogP) is 2.59. The van der Waals surface area contributed by atoms with Crippen LogP contribution in [-0.4, -0.2) is 31.8 Å². The van der Waals surface area contributed by atoms with Gasteiger partial charge in [-0.2, -0.15) is 0 Å². The average molecular weight is 284 g/mol. The molecule has 2 N–H and O–H groups in total. The molecule has 1 atom stereocenters. The van der Waals surface area contributed by atoms with E-state index in [0.717, 1.165) is 41.7 Å². The zero-order chi connectivity index (χ0) is 12.8. The van der Waals surface area contributed by atoms with Crippen molar-refractivity contribution in [2.75, 3.05) is 25.9 Å². The van der Waals surface area contributed by atoms with Crippen LogP contribution in [0, 0.1) is 5.92 Å². The van der Waals surface area contributed by atoms with Crippen LogP contribution in [0.2, 0.25) is 0 Å². The first-order valence-corrected chi connectivity index (χ1v) is 8.52. The number of hydrogen-bond acceptors (Lipinski definition) is 4. The van der Waals surface area contributed by atoms with Gasteiger partial charge in [0.25, 0.3) is 5.91 Å². The summed E-state index contributed by atoms with van der Waals surface area (Å²) in [6.45, 7) is 3.04. The molecule has 2 heterocycles. The lowest BCUT2D eigenvalue weighted by atomic mass is 9.96. The van der Waals surface area contributed by atoms with Crippen LogP contribution in [0.25, 0.3) is 0 Å². The maximum Gasteiger partial charge on any atom is 0.262 e. The summed E-state index contributed by atoms with van der Waals surface area (Å²) < 4.78 is 0. The van der Waals surface area contributed by atoms with Gasteiger partial charge < -0.3 is 10.6 Å². The molecular weight excluding hydrogens is 264 g/mol. The van der Waals surface area contributed by atoms with Gasteiger partial charge in [0.15, 0.2) is 0 Å². The van der Waals surface area contributed by atoms with E-state index in [-0.39, 0.29) is 5.91 Å². The second-order valence-electron chi connectivity index (χ2n) is 4.58. The standard InChI is InChI=1S/C13H20N2OS2/c1-17-11-5-8-18-12(11)13(16)15-7-4-10-3-2-6-14-9-10/h5,8,10,14H,2-4,6-7,9H2,1H3,(H,15,16). The molecule has 0 saturated carbocycles. The molecule has 0 spiro atoms. The highest BCUT2D eigenvalue weighted by Crippen LogP contribution is 2.25. The molecule has 1 saturated heterocycles. The number of carbonyl (C=O) groups excluding carboxylic acids is 1. The van der Waals surface area contributed by atoms with Crippen molar-refractivity contribution in [3.63, 3.8) is 0 Å². The summed E-state index contributed by atoms with van der Waals surface area (Å²) in [4.78, 5) is 13.9. The Labute approximate surface area is 117 Å². The van der Waals surface area contributed by atoms with Crippen LogP contribution >= 0.6 is 23.1 Å². The molecule has 1 amide bonds. The SMILES string of the molecule is CSc1ccsc1C(=O)NCCC1CCCNC1. The Kier molecular flexibility index (Phi) is 5.53. The Morgan fingerprint density at radius 1 is 1.67 bits per heavy atom. The number of piperidine rings is 1. The Morgan fingerprint density at radius 3 is 3.28 bits per heavy atom. The molecule has 1 fully saturated rings. The lowest BCUT2D eigenvalue weighted by Gasteiger charge is -2.22. The number of carbonyl (C=O) groups is 1. The van der Waals surface area contributed by atoms with Crippen molar-refractivity contribution in [1.82, 2.24) is 10.6 Å². The van der Waals surface area contributed by atoms with Crippen LogP contribution in [0.1, 0.15) is 28.9 Å². The molecule has 1 unspecified atom stereocenters. The van der Waals surface area contributed by atoms with Crippen LogP contribution in [0.3, 0.4) is 0 Å². The second kappa shape index (κ2) is 7.16. The van der Waals surface area contributed by atoms with Crippen LogP contribution in [0.15, 0.2) is 16.3 Å². The predicted molar refractivity (Wildman–Crippen MR) is 78.6 cm³/mol. The van der Waals surface area contributed by atoms with Crippen LogP contribution < -0.4 is 10.6 Å². The van der Waals surface area contributed by atoms with Gasteiger partial charge in [0.2, 0.25) is 0 Å². The molecule has 1 aliphatic rings. The summed E-state index contributed by atoms with van der Waals surface area (Å²) in [7, 11) is 0. The fraction of sp³-hybridized carbons (Fsp3) is 0.615. The molecule has 2 rings (SSSR count). The zero-order valence-corrected chi connectivity index (χ0v) is 12.3. The maximum absolute atomic E-state index is 12.0. The summed E-state index contributed by atoms with van der Waals surface area (Å²) in [6, 6.07) is 2.01. The number of thioether (sulfide) groups is 1. The Morgan fingerprint density at radius 2 is 2.56 bits per heavy atom. The summed E-state index contributed by atoms with van der Waals surface area (Å²) in [5, 5.41) is 8.42. The van der Waals surface area contributed by atoms with Gasteiger partial charge >= 0.3 is 0 Å². The van der Waals surface area contributed by atoms with Gasteiger partial charge in [0.1, 0.15) is 4.88 Å². The van der Waals surface area contributed by atoms with Crippen LogP contribution in [-0.2, 0) is 0 Å². The van der Waals surface area contributed by atoms with E-state index in [1.54, 1.807) is 11.8 Å². The Balaban J connectivity index is 1.74. The Bertz CT molecular complexity index is 386. The van der Waals surface area contributed by atoms with Crippen molar-refractivity contribution >= 4 is 29.0 Å². The second-order valence-corrected chi connectivity index (χ2v) is 6.34. The van der Waals surface area contributed by atoms with Crippen molar-refractivity contribution in [3.8, 4) is 0 Å². The first-order chi connectivity index (χ1) is 8.81. The molecule has 0 aromatic carbocycles. The minimum Gasteiger partial charge on any atom is -0.351 e. The first-order valence-electron chi connectivity index (χ1n) is 6.41. The third kappa shape index (κ3) is 3.73. The van der Waals surface area contributed by atoms with E-state index in [0.29, 0.717) is 0 Å². The van der Waals surface area contributed by atoms with Gasteiger partial charge in [-0.15, -0.1) is 23.1 Å². The lowest BCUT2D eigenvalue weighted by Crippen LogP contribution is -2.33. The summed E-state index contributed by atoms with van der Waals surface area (Å²) >= 11 is 3.15. The summed E-state index contributed by atoms with van der Waals surface area (Å²) in [6.07, 6.45) is 5.64. The first kappa shape index (κ1) is 13.9. The van der Waals surface area contributed by atoms with Gasteiger partial charge in [-0.1, -0.05) is 0 Å². The van der Waals surface area contributed by atoms with Crippen molar-refractivity contribution in [2.24, 2.45) is 5.92 Å². The quantitative estimate of drug-likeness (QED) is 0.817. The van der Waals surface area contributed by atoms with Gasteiger partial charge in [-0.05, 0) is 56.0 Å². The normalized spacial score (nSPS) is 19.7. The van der Waals surface area contributed by atoms with E-state index in [1.807, 2.05) is 17.7 Å². The molecule has 3 nitrogen and oxygen atoms in total. The molecular formula is C13H20N2OS2. The fourth-order valence-corrected chi connectivity index (χ4v) is 3.93. The van der Waals surface area contributed by atoms with Crippen molar-refractivity contribution < 1.29 is 4.79 Å². The van der Waals surface area contributed by atoms with E-state index in [9.17, 15) is 4.79 Å². The van der Waals surface area contributed by atoms with Crippen molar-refractivity contribution in [3.05, 3.63) is 16.3 Å². The molecule has 100 valence electrons. The third-order valence-corrected chi connectivity index (χ3v) is 5.11. The highest BCUT2D eigenvalue weighted by molar-refractivity contribution is 7.98. The van der Waals surface area contributed by atoms with Crippen molar-refractivity contribution in [2.45, 2.75) is 24.2 Å². The maximum atomic E-state index is 12.0. The zero-order valence-electron chi connectivity index (χ0n) is 10.7. The molecule has 1 aromatic rings. The summed E-state index contributed by atoms with van der Waals surface area (Å²) in [5.74, 6) is 0.806. The molecule has 18 heavy (non-hydrogen) atoms. The number of rotatable bonds is 5. The molecule has 1 aromatic heterocycles. The number of amides is 1. The van der Waals surface area contributed by atoms with Gasteiger partial charge in [-0.3, -0.25) is 4.79 Å². The van der Waals surface area contributed by atoms with E-state index in [2.05, 4.69) is 10.6 Å². The fourth-order valence-electron chi connectivity index (χ4n) is 2.26. The van der Waals surface area contributed by atoms with E-state index in [4.69, 9.17) is 0 Å². The third-order valence-electron chi connectivity index (χ3n) is 3.29. The van der Waals surface area contributed by atoms with Crippen molar-refractivity contribution in [1.29, 1.82) is 0 Å². The highest BCUT2D eigenvalue weighted by Gasteiger charge is 2.15. The Hall–Kier alpha value is -0.520. The highest BCUT2D eigenvalue weighted by atomic mass is 32.2. The van der Waals surface area contributed by atoms with E-state index < -0.39 is 0 Å². The molecule has 0 radical (unpaired) electrons. The minimum absolute atomic E-state index is 0.0816. The van der Waals surface area contributed by atoms with E-state index in [1.165, 1.54) is 24.2 Å². The van der Waals surface area contributed by atoms with Crippen LogP contribution in [0.5, 0.6) is 0 Å². The minimum atomic E-state index is 0.0816. The van der Waals surface area contributed by atoms with Gasteiger partial charge in [0, 0.05) is 11.4 Å². The lowest BCUT2D eigenvalue weighted by molar-refractivity contribution is 0.0952. The van der Waals surface area contributed by atoms with E-state index >= 15 is 0 Å². The number of nitrogens with one attached hydrogen (secondary N) is 2. The number of thiophene rings is 1. The molecule has 5 heteroatoms. The van der Waals surface area contributed by atoms with Gasteiger partial charge in [-0.25, -0.2) is 0 Å². The monoisotopic (exact) mass is 284 g/mol. The summed E-state index contributed by atoms with van der Waals surface area (Å²) in [5.41, 5.74) is 0. The topological polar surface area (TPSA) is 41.1 Å². The molecule has 0 aliphatic carbocycles. The number of hydrogen-bond donors (Lipinski definition) is 2. The molecule has 0 bridgehead atoms. The smallest absolute Gasteiger partial charge is 0.262 e. The largest absolute Gasteiger partial charge is 0.351 e. The molecule has 1 aliphatic heterocycles. The van der Waals surface area contributed by atoms with Gasteiger partial charge in [0.05, 0.1) is 0 Å². The van der Waals surface area contributed by atoms with Crippen LogP contribution in [0.4, 0.5) is 0 Å².